The number of halogens is 3. The molecule has 0 bridgehead atoms. The Morgan fingerprint density at radius 2 is 2.29 bits per heavy atom. The maximum absolute atomic E-state index is 12.4. The molecule has 2 N–H and O–H groups in total. The van der Waals surface area contributed by atoms with Gasteiger partial charge in [-0.3, -0.25) is 0 Å². The first-order valence-corrected chi connectivity index (χ1v) is 4.46. The van der Waals surface area contributed by atoms with E-state index < -0.39 is 11.3 Å². The van der Waals surface area contributed by atoms with Gasteiger partial charge in [0.25, 0.3) is 0 Å². The minimum Gasteiger partial charge on any atom is -0.331 e. The van der Waals surface area contributed by atoms with Crippen LogP contribution in [0.5, 0.6) is 0 Å². The summed E-state index contributed by atoms with van der Waals surface area (Å²) in [5.41, 5.74) is 5.58. The largest absolute Gasteiger partial charge is 0.400 e. The number of hydrogen-bond acceptors (Lipinski definition) is 4. The Bertz CT molecular complexity index is 299. The highest BCUT2D eigenvalue weighted by molar-refractivity contribution is 6.21. The highest BCUT2D eigenvalue weighted by Gasteiger charge is 2.35. The van der Waals surface area contributed by atoms with Crippen molar-refractivity contribution < 1.29 is 13.3 Å². The molecule has 0 saturated carbocycles. The molecule has 0 aliphatic rings. The van der Waals surface area contributed by atoms with Crippen molar-refractivity contribution in [1.29, 1.82) is 0 Å². The number of nitrogens with two attached hydrogens (primary N) is 1. The second-order valence-corrected chi connectivity index (χ2v) is 3.36. The van der Waals surface area contributed by atoms with Crippen LogP contribution in [0.2, 0.25) is 0 Å². The van der Waals surface area contributed by atoms with Crippen molar-refractivity contribution in [2.24, 2.45) is 5.73 Å². The van der Waals surface area contributed by atoms with Crippen LogP contribution in [0.1, 0.15) is 25.1 Å². The second-order valence-electron chi connectivity index (χ2n) is 2.89. The minimum atomic E-state index is -3.61. The minimum absolute atomic E-state index is 0.148. The molecule has 14 heavy (non-hydrogen) atoms. The highest BCUT2D eigenvalue weighted by atomic mass is 35.5. The maximum atomic E-state index is 12.4. The molecule has 0 spiro atoms. The molecule has 0 aliphatic carbocycles. The molecule has 0 radical (unpaired) electrons. The third-order valence-electron chi connectivity index (χ3n) is 1.68. The van der Waals surface area contributed by atoms with Crippen LogP contribution in [0, 0.1) is 0 Å². The molecule has 7 heteroatoms. The van der Waals surface area contributed by atoms with E-state index in [9.17, 15) is 8.78 Å². The van der Waals surface area contributed by atoms with Gasteiger partial charge in [0.05, 0.1) is 0 Å². The second kappa shape index (κ2) is 4.18. The van der Waals surface area contributed by atoms with Crippen molar-refractivity contribution in [2.45, 2.75) is 31.2 Å². The average Bonchev–Trinajstić information content (AvgIpc) is 2.51. The van der Waals surface area contributed by atoms with Crippen molar-refractivity contribution in [2.75, 3.05) is 0 Å². The summed E-state index contributed by atoms with van der Waals surface area (Å²) in [6.07, 6.45) is 1.01. The summed E-state index contributed by atoms with van der Waals surface area (Å²) in [6, 6.07) is -0.163. The Morgan fingerprint density at radius 3 is 2.71 bits per heavy atom. The van der Waals surface area contributed by atoms with Gasteiger partial charge >= 0.3 is 11.3 Å². The molecule has 0 fully saturated rings. The number of hydrogen-bond donors (Lipinski definition) is 1. The molecular formula is C7H10ClF2N3O. The third-order valence-corrected chi connectivity index (χ3v) is 1.84. The van der Waals surface area contributed by atoms with Crippen LogP contribution in [0.25, 0.3) is 0 Å². The summed E-state index contributed by atoms with van der Waals surface area (Å²) in [5, 5.41) is -0.270. The zero-order valence-corrected chi connectivity index (χ0v) is 8.26. The highest BCUT2D eigenvalue weighted by Crippen LogP contribution is 2.30. The van der Waals surface area contributed by atoms with Crippen molar-refractivity contribution in [1.82, 2.24) is 10.1 Å². The fraction of sp³-hybridized carbons (Fsp3) is 0.714. The SMILES string of the molecule is CCC(N)Cc1noc(C(F)(F)Cl)n1. The zero-order valence-electron chi connectivity index (χ0n) is 7.51. The van der Waals surface area contributed by atoms with Crippen LogP contribution in [0.4, 0.5) is 8.78 Å². The van der Waals surface area contributed by atoms with E-state index in [1.807, 2.05) is 6.92 Å². The number of alkyl halides is 3. The van der Waals surface area contributed by atoms with Gasteiger partial charge in [-0.25, -0.2) is 0 Å². The maximum Gasteiger partial charge on any atom is 0.400 e. The first-order chi connectivity index (χ1) is 6.43. The fourth-order valence-electron chi connectivity index (χ4n) is 0.831. The van der Waals surface area contributed by atoms with Gasteiger partial charge in [0.1, 0.15) is 0 Å². The standard InChI is InChI=1S/C7H10ClF2N3O/c1-2-4(11)3-5-12-6(14-13-5)7(8,9)10/h4H,2-3,11H2,1H3. The summed E-state index contributed by atoms with van der Waals surface area (Å²) >= 11 is 4.68. The van der Waals surface area contributed by atoms with Crippen LogP contribution >= 0.6 is 11.6 Å². The van der Waals surface area contributed by atoms with Crippen molar-refractivity contribution in [3.8, 4) is 0 Å². The lowest BCUT2D eigenvalue weighted by Gasteiger charge is -2.02. The molecule has 4 nitrogen and oxygen atoms in total. The molecule has 1 aromatic rings. The number of aromatic nitrogens is 2. The summed E-state index contributed by atoms with van der Waals surface area (Å²) in [6.45, 7) is 1.88. The van der Waals surface area contributed by atoms with Gasteiger partial charge in [0.2, 0.25) is 0 Å². The van der Waals surface area contributed by atoms with Gasteiger partial charge in [-0.05, 0) is 18.0 Å². The quantitative estimate of drug-likeness (QED) is 0.792. The van der Waals surface area contributed by atoms with Crippen molar-refractivity contribution >= 4 is 11.6 Å². The summed E-state index contributed by atoms with van der Waals surface area (Å²) < 4.78 is 29.1. The van der Waals surface area contributed by atoms with Crippen LogP contribution in [0.15, 0.2) is 4.52 Å². The Hall–Kier alpha value is -0.750. The predicted molar refractivity (Wildman–Crippen MR) is 46.0 cm³/mol. The van der Waals surface area contributed by atoms with Gasteiger partial charge in [-0.1, -0.05) is 12.1 Å². The number of rotatable bonds is 4. The van der Waals surface area contributed by atoms with Crippen LogP contribution in [0.3, 0.4) is 0 Å². The van der Waals surface area contributed by atoms with Gasteiger partial charge < -0.3 is 10.3 Å². The Kier molecular flexibility index (Phi) is 3.38. The van der Waals surface area contributed by atoms with Crippen LogP contribution < -0.4 is 5.73 Å². The first kappa shape index (κ1) is 11.3. The molecule has 80 valence electrons. The molecule has 1 aromatic heterocycles. The van der Waals surface area contributed by atoms with E-state index in [0.29, 0.717) is 12.8 Å². The van der Waals surface area contributed by atoms with E-state index in [2.05, 4.69) is 26.3 Å². The van der Waals surface area contributed by atoms with E-state index >= 15 is 0 Å². The lowest BCUT2D eigenvalue weighted by atomic mass is 10.2. The predicted octanol–water partition coefficient (Wildman–Crippen LogP) is 1.64. The van der Waals surface area contributed by atoms with Crippen LogP contribution in [-0.4, -0.2) is 16.2 Å². The smallest absolute Gasteiger partial charge is 0.331 e. The van der Waals surface area contributed by atoms with Gasteiger partial charge in [-0.15, -0.1) is 0 Å². The number of nitrogens with zero attached hydrogens (tertiary/aromatic N) is 2. The first-order valence-electron chi connectivity index (χ1n) is 4.08. The van der Waals surface area contributed by atoms with Crippen molar-refractivity contribution in [3.05, 3.63) is 11.7 Å². The van der Waals surface area contributed by atoms with Crippen LogP contribution in [-0.2, 0) is 11.8 Å². The van der Waals surface area contributed by atoms with E-state index in [-0.39, 0.29) is 11.9 Å². The fourth-order valence-corrected chi connectivity index (χ4v) is 0.908. The van der Waals surface area contributed by atoms with Gasteiger partial charge in [0, 0.05) is 12.5 Å². The zero-order chi connectivity index (χ0) is 10.8. The summed E-state index contributed by atoms with van der Waals surface area (Å²) in [5.74, 6) is -0.743. The summed E-state index contributed by atoms with van der Waals surface area (Å²) in [7, 11) is 0. The Labute approximate surface area is 84.4 Å². The van der Waals surface area contributed by atoms with E-state index in [0.717, 1.165) is 0 Å². The molecule has 0 aromatic carbocycles. The van der Waals surface area contributed by atoms with Gasteiger partial charge in [-0.2, -0.15) is 13.8 Å². The molecule has 0 saturated heterocycles. The van der Waals surface area contributed by atoms with E-state index in [1.165, 1.54) is 0 Å². The normalized spacial score (nSPS) is 14.4. The Morgan fingerprint density at radius 1 is 1.64 bits per heavy atom. The lowest BCUT2D eigenvalue weighted by Crippen LogP contribution is -2.22. The van der Waals surface area contributed by atoms with Gasteiger partial charge in [0.15, 0.2) is 5.82 Å². The third kappa shape index (κ3) is 2.88. The molecule has 1 heterocycles. The molecule has 1 unspecified atom stereocenters. The topological polar surface area (TPSA) is 64.9 Å². The molecule has 0 amide bonds. The summed E-state index contributed by atoms with van der Waals surface area (Å²) in [4.78, 5) is 3.43. The van der Waals surface area contributed by atoms with E-state index in [4.69, 9.17) is 5.73 Å². The monoisotopic (exact) mass is 225 g/mol. The lowest BCUT2D eigenvalue weighted by molar-refractivity contribution is 0.0550. The average molecular weight is 226 g/mol. The molecule has 1 rings (SSSR count). The molecule has 0 aliphatic heterocycles. The molecule has 1 atom stereocenters. The Balaban J connectivity index is 2.69. The van der Waals surface area contributed by atoms with Crippen molar-refractivity contribution in [3.63, 3.8) is 0 Å². The van der Waals surface area contributed by atoms with E-state index in [1.54, 1.807) is 0 Å². The molecular weight excluding hydrogens is 216 g/mol.